The summed E-state index contributed by atoms with van der Waals surface area (Å²) in [6.45, 7) is 8.90. The van der Waals surface area contributed by atoms with Crippen LogP contribution in [0.4, 0.5) is 0 Å². The lowest BCUT2D eigenvalue weighted by Gasteiger charge is -2.19. The van der Waals surface area contributed by atoms with Gasteiger partial charge in [0.2, 0.25) is 5.36 Å². The van der Waals surface area contributed by atoms with E-state index < -0.39 is 17.8 Å². The van der Waals surface area contributed by atoms with Gasteiger partial charge < -0.3 is 9.25 Å². The molecule has 7 nitrogen and oxygen atoms in total. The molecular weight excluding hydrogens is 456 g/mol. The zero-order valence-corrected chi connectivity index (χ0v) is 20.7. The van der Waals surface area contributed by atoms with Gasteiger partial charge in [0.25, 0.3) is 11.8 Å². The Morgan fingerprint density at radius 1 is 0.944 bits per heavy atom. The van der Waals surface area contributed by atoms with Gasteiger partial charge in [-0.15, -0.1) is 5.06 Å². The molecule has 2 aliphatic heterocycles. The first-order valence-electron chi connectivity index (χ1n) is 12.0. The van der Waals surface area contributed by atoms with E-state index in [1.807, 2.05) is 52.0 Å². The van der Waals surface area contributed by atoms with Crippen LogP contribution in [0.2, 0.25) is 0 Å². The van der Waals surface area contributed by atoms with E-state index in [0.29, 0.717) is 22.0 Å². The summed E-state index contributed by atoms with van der Waals surface area (Å²) in [4.78, 5) is 46.1. The summed E-state index contributed by atoms with van der Waals surface area (Å²) in [6, 6.07) is 15.2. The Kier molecular flexibility index (Phi) is 5.92. The number of hydrogen-bond donors (Lipinski definition) is 1. The number of amides is 2. The molecule has 3 aliphatic rings. The number of carbonyl (C=O) groups excluding carboxylic acids is 3. The second kappa shape index (κ2) is 9.07. The van der Waals surface area contributed by atoms with Gasteiger partial charge in [0.1, 0.15) is 17.9 Å². The summed E-state index contributed by atoms with van der Waals surface area (Å²) in [6.07, 6.45) is 0.0739. The van der Waals surface area contributed by atoms with Crippen molar-refractivity contribution < 1.29 is 28.6 Å². The van der Waals surface area contributed by atoms with Crippen molar-refractivity contribution >= 4 is 28.8 Å². The first-order valence-corrected chi connectivity index (χ1v) is 12.0. The van der Waals surface area contributed by atoms with Gasteiger partial charge in [0.05, 0.1) is 11.6 Å². The topological polar surface area (TPSA) is 90.8 Å². The Hall–Kier alpha value is -4.26. The third kappa shape index (κ3) is 3.96. The van der Waals surface area contributed by atoms with Gasteiger partial charge in [-0.05, 0) is 68.7 Å². The molecule has 2 aromatic carbocycles. The highest BCUT2D eigenvalue weighted by Crippen LogP contribution is 2.42. The molecule has 0 atom stereocenters. The van der Waals surface area contributed by atoms with E-state index >= 15 is 0 Å². The van der Waals surface area contributed by atoms with Crippen molar-refractivity contribution in [3.8, 4) is 22.5 Å². The molecule has 2 heterocycles. The lowest BCUT2D eigenvalue weighted by molar-refractivity contribution is -0.496. The smallest absolute Gasteiger partial charge is 0.364 e. The predicted octanol–water partition coefficient (Wildman–Crippen LogP) is 3.35. The monoisotopic (exact) mass is 483 g/mol. The van der Waals surface area contributed by atoms with Gasteiger partial charge in [-0.25, -0.2) is 9.79 Å². The average Bonchev–Trinajstić information content (AvgIpc) is 3.17. The fourth-order valence-electron chi connectivity index (χ4n) is 4.64. The summed E-state index contributed by atoms with van der Waals surface area (Å²) in [7, 11) is 0. The van der Waals surface area contributed by atoms with Crippen LogP contribution in [0, 0.1) is 20.8 Å². The Morgan fingerprint density at radius 2 is 1.64 bits per heavy atom. The van der Waals surface area contributed by atoms with Crippen LogP contribution in [0.25, 0.3) is 33.4 Å². The minimum Gasteiger partial charge on any atom is -0.456 e. The molecule has 1 fully saturated rings. The van der Waals surface area contributed by atoms with Gasteiger partial charge >= 0.3 is 5.97 Å². The van der Waals surface area contributed by atoms with Crippen molar-refractivity contribution in [1.82, 2.24) is 5.06 Å². The van der Waals surface area contributed by atoms with Crippen molar-refractivity contribution in [2.45, 2.75) is 40.5 Å². The third-order valence-electron chi connectivity index (χ3n) is 6.64. The first-order chi connectivity index (χ1) is 17.3. The van der Waals surface area contributed by atoms with Crippen LogP contribution in [-0.2, 0) is 14.4 Å². The first kappa shape index (κ1) is 23.5. The summed E-state index contributed by atoms with van der Waals surface area (Å²) in [5, 5.41) is 2.41. The maximum Gasteiger partial charge on any atom is 0.364 e. The molecule has 182 valence electrons. The van der Waals surface area contributed by atoms with Crippen molar-refractivity contribution in [3.05, 3.63) is 76.1 Å². The number of imide groups is 1. The molecule has 5 rings (SSSR count). The lowest BCUT2D eigenvalue weighted by Crippen LogP contribution is -2.76. The van der Waals surface area contributed by atoms with Crippen molar-refractivity contribution in [2.24, 2.45) is 0 Å². The second-order valence-electron chi connectivity index (χ2n) is 9.11. The zero-order valence-electron chi connectivity index (χ0n) is 20.7. The summed E-state index contributed by atoms with van der Waals surface area (Å²) in [5.74, 6) is -1.12. The molecule has 1 saturated heterocycles. The fraction of sp³-hybridized carbons (Fsp3) is 0.241. The molecule has 0 unspecified atom stereocenters. The van der Waals surface area contributed by atoms with Crippen LogP contribution in [-0.4, -0.2) is 29.4 Å². The molecule has 7 heteroatoms. The summed E-state index contributed by atoms with van der Waals surface area (Å²) < 4.78 is 6.37. The maximum atomic E-state index is 13.3. The molecule has 0 bridgehead atoms. The molecule has 0 spiro atoms. The van der Waals surface area contributed by atoms with Crippen LogP contribution >= 0.6 is 0 Å². The molecule has 36 heavy (non-hydrogen) atoms. The highest BCUT2D eigenvalue weighted by molar-refractivity contribution is 6.09. The number of fused-ring (bicyclic) bond motifs is 2. The third-order valence-corrected chi connectivity index (χ3v) is 6.64. The molecular formula is C29H27N2O5+. The van der Waals surface area contributed by atoms with Crippen molar-refractivity contribution in [2.75, 3.05) is 6.54 Å². The Bertz CT molecular complexity index is 1580. The van der Waals surface area contributed by atoms with E-state index in [0.717, 1.165) is 45.1 Å². The molecule has 2 amide bonds. The van der Waals surface area contributed by atoms with E-state index in [-0.39, 0.29) is 18.4 Å². The second-order valence-corrected chi connectivity index (χ2v) is 9.11. The number of carbonyl (C=O) groups is 3. The maximum absolute atomic E-state index is 13.3. The van der Waals surface area contributed by atoms with Gasteiger partial charge in [-0.2, -0.15) is 0 Å². The largest absolute Gasteiger partial charge is 0.456 e. The number of nitrogens with zero attached hydrogens (tertiary/aromatic N) is 1. The predicted molar refractivity (Wildman–Crippen MR) is 134 cm³/mol. The number of rotatable bonds is 4. The lowest BCUT2D eigenvalue weighted by atomic mass is 9.89. The Labute approximate surface area is 208 Å². The Balaban J connectivity index is 1.79. The highest BCUT2D eigenvalue weighted by Gasteiger charge is 2.34. The standard InChI is InChI=1S/C29H26N2O5/c1-5-30-23-15-25-22(13-18(23)4)28(21-12-16(2)17(3)14-24(21)35-25)19-8-6-7-9-20(19)29(34)36-31-26(32)10-11-27(31)33/h6-9,12-15H,5,10-11H2,1-4H3/p+1. The number of hydrogen-bond acceptors (Lipinski definition) is 5. The number of nitrogens with one attached hydrogen (secondary N) is 1. The minimum atomic E-state index is -0.763. The van der Waals surface area contributed by atoms with Crippen LogP contribution < -0.4 is 10.3 Å². The van der Waals surface area contributed by atoms with Crippen LogP contribution in [0.1, 0.15) is 46.8 Å². The van der Waals surface area contributed by atoms with Gasteiger partial charge in [-0.1, -0.05) is 18.2 Å². The van der Waals surface area contributed by atoms with Crippen LogP contribution in [0.15, 0.2) is 52.9 Å². The molecule has 0 aromatic heterocycles. The van der Waals surface area contributed by atoms with E-state index in [2.05, 4.69) is 17.1 Å². The summed E-state index contributed by atoms with van der Waals surface area (Å²) in [5.41, 5.74) is 6.47. The highest BCUT2D eigenvalue weighted by atomic mass is 16.7. The molecule has 1 N–H and O–H groups in total. The van der Waals surface area contributed by atoms with E-state index in [1.54, 1.807) is 12.1 Å². The fourth-order valence-corrected chi connectivity index (χ4v) is 4.64. The minimum absolute atomic E-state index is 0.0370. The molecule has 1 aliphatic carbocycles. The zero-order chi connectivity index (χ0) is 25.6. The van der Waals surface area contributed by atoms with E-state index in [1.165, 1.54) is 0 Å². The summed E-state index contributed by atoms with van der Waals surface area (Å²) >= 11 is 0. The number of benzene rings is 3. The number of aryl methyl sites for hydroxylation is 3. The molecule has 2 aromatic rings. The van der Waals surface area contributed by atoms with Crippen molar-refractivity contribution in [1.29, 1.82) is 0 Å². The van der Waals surface area contributed by atoms with Crippen LogP contribution in [0.5, 0.6) is 0 Å². The quantitative estimate of drug-likeness (QED) is 0.355. The van der Waals surface area contributed by atoms with E-state index in [9.17, 15) is 14.4 Å². The van der Waals surface area contributed by atoms with Crippen molar-refractivity contribution in [3.63, 3.8) is 0 Å². The molecule has 0 saturated carbocycles. The van der Waals surface area contributed by atoms with Gasteiger partial charge in [0, 0.05) is 34.9 Å². The number of hydroxylamine groups is 2. The average molecular weight is 484 g/mol. The van der Waals surface area contributed by atoms with Gasteiger partial charge in [-0.3, -0.25) is 9.59 Å². The SMILES string of the molecule is CC[NH+]=c1cc2oc3cc(C)c(C)cc3c(-c3ccccc3C(=O)ON3C(=O)CCC3=O)c-2cc1C. The normalized spacial score (nSPS) is 14.3. The Morgan fingerprint density at radius 3 is 2.36 bits per heavy atom. The van der Waals surface area contributed by atoms with Crippen LogP contribution in [0.3, 0.4) is 0 Å². The van der Waals surface area contributed by atoms with E-state index in [4.69, 9.17) is 9.25 Å². The van der Waals surface area contributed by atoms with Gasteiger partial charge in [0.15, 0.2) is 0 Å². The molecule has 0 radical (unpaired) electrons.